The first-order chi connectivity index (χ1) is 9.19. The first-order valence-electron chi connectivity index (χ1n) is 8.50. The summed E-state index contributed by atoms with van der Waals surface area (Å²) in [6.07, 6.45) is 8.50. The second kappa shape index (κ2) is 10.1. The fraction of sp³-hybridized carbons (Fsp3) is 1.00. The topological polar surface area (TPSA) is 12.0 Å². The molecule has 0 aromatic rings. The summed E-state index contributed by atoms with van der Waals surface area (Å²) < 4.78 is 0. The molecule has 0 saturated heterocycles. The minimum absolute atomic E-state index is 0.758. The van der Waals surface area contributed by atoms with Crippen molar-refractivity contribution in [3.8, 4) is 0 Å². The zero-order chi connectivity index (χ0) is 14.1. The highest BCUT2D eigenvalue weighted by Gasteiger charge is 2.30. The van der Waals surface area contributed by atoms with Gasteiger partial charge in [0.25, 0.3) is 0 Å². The molecule has 0 bridgehead atoms. The normalized spacial score (nSPS) is 25.7. The van der Waals surface area contributed by atoms with E-state index in [4.69, 9.17) is 0 Å². The van der Waals surface area contributed by atoms with Crippen LogP contribution in [0, 0.1) is 17.8 Å². The van der Waals surface area contributed by atoms with Crippen molar-refractivity contribution in [2.24, 2.45) is 17.8 Å². The monoisotopic (exact) mass is 285 g/mol. The molecule has 3 unspecified atom stereocenters. The molecule has 2 heteroatoms. The molecule has 0 aromatic carbocycles. The molecule has 1 aliphatic rings. The maximum atomic E-state index is 3.86. The average molecular weight is 286 g/mol. The third kappa shape index (κ3) is 6.53. The van der Waals surface area contributed by atoms with Crippen LogP contribution in [0.2, 0.25) is 0 Å². The molecule has 0 amide bonds. The summed E-state index contributed by atoms with van der Waals surface area (Å²) in [5.41, 5.74) is 0. The first-order valence-corrected chi connectivity index (χ1v) is 9.65. The predicted molar refractivity (Wildman–Crippen MR) is 90.0 cm³/mol. The lowest BCUT2D eigenvalue weighted by molar-refractivity contribution is 0.185. The Morgan fingerprint density at radius 2 is 1.84 bits per heavy atom. The van der Waals surface area contributed by atoms with Crippen molar-refractivity contribution in [1.82, 2.24) is 5.32 Å². The molecule has 0 heterocycles. The zero-order valence-electron chi connectivity index (χ0n) is 13.6. The molecule has 19 heavy (non-hydrogen) atoms. The van der Waals surface area contributed by atoms with Gasteiger partial charge in [0.2, 0.25) is 0 Å². The number of thioether (sulfide) groups is 1. The van der Waals surface area contributed by atoms with E-state index in [-0.39, 0.29) is 0 Å². The molecule has 114 valence electrons. The highest BCUT2D eigenvalue weighted by atomic mass is 32.2. The van der Waals surface area contributed by atoms with Gasteiger partial charge in [-0.3, -0.25) is 0 Å². The van der Waals surface area contributed by atoms with Gasteiger partial charge in [-0.1, -0.05) is 53.4 Å². The highest BCUT2D eigenvalue weighted by Crippen LogP contribution is 2.35. The van der Waals surface area contributed by atoms with Gasteiger partial charge >= 0.3 is 0 Å². The van der Waals surface area contributed by atoms with E-state index in [1.54, 1.807) is 0 Å². The third-order valence-electron chi connectivity index (χ3n) is 4.41. The van der Waals surface area contributed by atoms with Crippen LogP contribution >= 0.6 is 11.8 Å². The van der Waals surface area contributed by atoms with E-state index in [0.717, 1.165) is 23.8 Å². The van der Waals surface area contributed by atoms with Gasteiger partial charge in [0.05, 0.1) is 0 Å². The van der Waals surface area contributed by atoms with E-state index < -0.39 is 0 Å². The van der Waals surface area contributed by atoms with E-state index >= 15 is 0 Å². The summed E-state index contributed by atoms with van der Waals surface area (Å²) in [5.74, 6) is 5.37. The van der Waals surface area contributed by atoms with E-state index in [2.05, 4.69) is 44.8 Å². The largest absolute Gasteiger partial charge is 0.313 e. The van der Waals surface area contributed by atoms with Crippen LogP contribution in [0.3, 0.4) is 0 Å². The van der Waals surface area contributed by atoms with Crippen LogP contribution in [0.4, 0.5) is 0 Å². The Balaban J connectivity index is 2.49. The summed E-state index contributed by atoms with van der Waals surface area (Å²) in [4.78, 5) is 0. The molecule has 1 nitrogen and oxygen atoms in total. The molecule has 0 aliphatic heterocycles. The van der Waals surface area contributed by atoms with Gasteiger partial charge in [0.15, 0.2) is 0 Å². The Morgan fingerprint density at radius 1 is 1.11 bits per heavy atom. The molecule has 1 rings (SSSR count). The van der Waals surface area contributed by atoms with Gasteiger partial charge in [-0.25, -0.2) is 0 Å². The van der Waals surface area contributed by atoms with E-state index in [1.807, 2.05) is 0 Å². The van der Waals surface area contributed by atoms with Gasteiger partial charge in [-0.2, -0.15) is 11.8 Å². The smallest absolute Gasteiger partial charge is 0.0189 e. The van der Waals surface area contributed by atoms with Crippen molar-refractivity contribution in [3.05, 3.63) is 0 Å². The Labute approximate surface area is 125 Å². The third-order valence-corrected chi connectivity index (χ3v) is 5.91. The average Bonchev–Trinajstić information content (AvgIpc) is 2.42. The van der Waals surface area contributed by atoms with Gasteiger partial charge in [-0.05, 0) is 42.9 Å². The number of hydrogen-bond donors (Lipinski definition) is 1. The zero-order valence-corrected chi connectivity index (χ0v) is 14.4. The van der Waals surface area contributed by atoms with Crippen LogP contribution in [0.5, 0.6) is 0 Å². The fourth-order valence-electron chi connectivity index (χ4n) is 3.37. The standard InChI is InChI=1S/C17H35NS/c1-5-11-18-17(13-19-12-14(3)4)16-10-8-7-9-15(16)6-2/h14-18H,5-13H2,1-4H3. The van der Waals surface area contributed by atoms with Crippen molar-refractivity contribution >= 4 is 11.8 Å². The van der Waals surface area contributed by atoms with Gasteiger partial charge in [0.1, 0.15) is 0 Å². The first kappa shape index (κ1) is 17.4. The highest BCUT2D eigenvalue weighted by molar-refractivity contribution is 7.99. The quantitative estimate of drug-likeness (QED) is 0.642. The molecular weight excluding hydrogens is 250 g/mol. The minimum atomic E-state index is 0.758. The summed E-state index contributed by atoms with van der Waals surface area (Å²) in [6.45, 7) is 10.5. The maximum absolute atomic E-state index is 3.86. The summed E-state index contributed by atoms with van der Waals surface area (Å²) in [7, 11) is 0. The van der Waals surface area contributed by atoms with Crippen LogP contribution in [-0.2, 0) is 0 Å². The van der Waals surface area contributed by atoms with Crippen LogP contribution in [-0.4, -0.2) is 24.1 Å². The lowest BCUT2D eigenvalue weighted by atomic mass is 9.74. The van der Waals surface area contributed by atoms with Crippen molar-refractivity contribution in [3.63, 3.8) is 0 Å². The molecular formula is C17H35NS. The van der Waals surface area contributed by atoms with Crippen molar-refractivity contribution in [2.75, 3.05) is 18.1 Å². The Kier molecular flexibility index (Phi) is 9.23. The molecule has 0 aromatic heterocycles. The SMILES string of the molecule is CCCNC(CSCC(C)C)C1CCCCC1CC. The second-order valence-corrected chi connectivity index (χ2v) is 7.68. The summed E-state index contributed by atoms with van der Waals surface area (Å²) in [6, 6.07) is 0.758. The predicted octanol–water partition coefficient (Wildman–Crippen LogP) is 4.96. The summed E-state index contributed by atoms with van der Waals surface area (Å²) >= 11 is 2.16. The lowest BCUT2D eigenvalue weighted by Crippen LogP contribution is -2.43. The molecule has 0 spiro atoms. The lowest BCUT2D eigenvalue weighted by Gasteiger charge is -2.37. The Morgan fingerprint density at radius 3 is 2.47 bits per heavy atom. The van der Waals surface area contributed by atoms with Gasteiger partial charge < -0.3 is 5.32 Å². The Bertz CT molecular complexity index is 217. The van der Waals surface area contributed by atoms with Crippen LogP contribution < -0.4 is 5.32 Å². The molecule has 0 radical (unpaired) electrons. The van der Waals surface area contributed by atoms with E-state index in [0.29, 0.717) is 0 Å². The second-order valence-electron chi connectivity index (χ2n) is 6.61. The molecule has 3 atom stereocenters. The Hall–Kier alpha value is 0.310. The molecule has 1 aliphatic carbocycles. The minimum Gasteiger partial charge on any atom is -0.313 e. The molecule has 1 N–H and O–H groups in total. The number of rotatable bonds is 9. The fourth-order valence-corrected chi connectivity index (χ4v) is 4.59. The van der Waals surface area contributed by atoms with E-state index in [1.165, 1.54) is 56.6 Å². The van der Waals surface area contributed by atoms with Crippen molar-refractivity contribution < 1.29 is 0 Å². The van der Waals surface area contributed by atoms with Crippen molar-refractivity contribution in [1.29, 1.82) is 0 Å². The van der Waals surface area contributed by atoms with Gasteiger partial charge in [-0.15, -0.1) is 0 Å². The van der Waals surface area contributed by atoms with Gasteiger partial charge in [0, 0.05) is 11.8 Å². The van der Waals surface area contributed by atoms with E-state index in [9.17, 15) is 0 Å². The number of hydrogen-bond acceptors (Lipinski definition) is 2. The summed E-state index contributed by atoms with van der Waals surface area (Å²) in [5, 5.41) is 3.86. The number of nitrogens with one attached hydrogen (secondary N) is 1. The maximum Gasteiger partial charge on any atom is 0.0189 e. The van der Waals surface area contributed by atoms with Crippen LogP contribution in [0.15, 0.2) is 0 Å². The molecule has 1 fully saturated rings. The van der Waals surface area contributed by atoms with Crippen molar-refractivity contribution in [2.45, 2.75) is 72.3 Å². The molecule has 1 saturated carbocycles. The van der Waals surface area contributed by atoms with Crippen LogP contribution in [0.25, 0.3) is 0 Å². The van der Waals surface area contributed by atoms with Crippen LogP contribution in [0.1, 0.15) is 66.2 Å².